The summed E-state index contributed by atoms with van der Waals surface area (Å²) in [6.45, 7) is 0. The van der Waals surface area contributed by atoms with Crippen LogP contribution >= 0.6 is 0 Å². The van der Waals surface area contributed by atoms with Crippen molar-refractivity contribution in [1.29, 1.82) is 0 Å². The summed E-state index contributed by atoms with van der Waals surface area (Å²) in [5.74, 6) is 0.704. The minimum atomic E-state index is -2.76. The summed E-state index contributed by atoms with van der Waals surface area (Å²) in [5.41, 5.74) is 8.10. The first-order valence-electron chi connectivity index (χ1n) is 19.7. The monoisotopic (exact) mass is 748 g/mol. The van der Waals surface area contributed by atoms with E-state index in [1.807, 2.05) is 6.07 Å². The Labute approximate surface area is 334 Å². The van der Waals surface area contributed by atoms with E-state index < -0.39 is 8.07 Å². The Hall–Kier alpha value is -6.88. The predicted molar refractivity (Wildman–Crippen MR) is 242 cm³/mol. The van der Waals surface area contributed by atoms with Crippen LogP contribution in [0.2, 0.25) is 0 Å². The Morgan fingerprint density at radius 3 is 1.86 bits per heavy atom. The zero-order valence-electron chi connectivity index (χ0n) is 31.5. The molecule has 0 fully saturated rings. The van der Waals surface area contributed by atoms with Crippen LogP contribution in [0.3, 0.4) is 0 Å². The SMILES string of the molecule is C1=CCCC(C2=NC(c3cc(-c4cccc([Si](c5ccccc5)(c5ccccc5)c5ccccc5)c4)cc4oc5ccccc5c34)=N[C@H](c3ccccc3)C=C2)=C1. The molecule has 1 aliphatic heterocycles. The Morgan fingerprint density at radius 2 is 1.19 bits per heavy atom. The fraction of sp³-hybridized carbons (Fsp3) is 0.0566. The number of allylic oxidation sites excluding steroid dienone is 5. The van der Waals surface area contributed by atoms with Crippen molar-refractivity contribution in [2.24, 2.45) is 9.98 Å². The minimum Gasteiger partial charge on any atom is -0.456 e. The normalized spacial score (nSPS) is 15.6. The molecule has 10 rings (SSSR count). The fourth-order valence-electron chi connectivity index (χ4n) is 8.69. The molecule has 1 aliphatic carbocycles. The van der Waals surface area contributed by atoms with Gasteiger partial charge in [-0.05, 0) is 80.1 Å². The van der Waals surface area contributed by atoms with E-state index in [4.69, 9.17) is 14.4 Å². The van der Waals surface area contributed by atoms with Crippen LogP contribution in [0.4, 0.5) is 0 Å². The molecule has 0 saturated carbocycles. The van der Waals surface area contributed by atoms with Crippen molar-refractivity contribution in [3.05, 3.63) is 229 Å². The van der Waals surface area contributed by atoms with Gasteiger partial charge in [-0.2, -0.15) is 0 Å². The Morgan fingerprint density at radius 1 is 0.561 bits per heavy atom. The van der Waals surface area contributed by atoms with E-state index in [0.29, 0.717) is 5.84 Å². The maximum Gasteiger partial charge on any atom is 0.179 e. The molecular formula is C53H40N2OSi. The number of nitrogens with zero attached hydrogens (tertiary/aromatic N) is 2. The van der Waals surface area contributed by atoms with Crippen LogP contribution in [0.25, 0.3) is 33.1 Å². The van der Waals surface area contributed by atoms with Gasteiger partial charge in [-0.15, -0.1) is 0 Å². The predicted octanol–water partition coefficient (Wildman–Crippen LogP) is 10.4. The first kappa shape index (κ1) is 34.6. The summed E-state index contributed by atoms with van der Waals surface area (Å²) in [7, 11) is -2.76. The summed E-state index contributed by atoms with van der Waals surface area (Å²) in [6, 6.07) is 65.6. The molecule has 4 heteroatoms. The molecule has 1 atom stereocenters. The molecule has 8 aromatic rings. The van der Waals surface area contributed by atoms with Crippen LogP contribution in [0.1, 0.15) is 30.0 Å². The van der Waals surface area contributed by atoms with Gasteiger partial charge in [0, 0.05) is 16.3 Å². The lowest BCUT2D eigenvalue weighted by atomic mass is 9.97. The third-order valence-corrected chi connectivity index (χ3v) is 16.2. The Bertz CT molecular complexity index is 2790. The van der Waals surface area contributed by atoms with E-state index >= 15 is 0 Å². The van der Waals surface area contributed by atoms with Crippen molar-refractivity contribution in [2.45, 2.75) is 18.9 Å². The zero-order chi connectivity index (χ0) is 38.0. The number of fused-ring (bicyclic) bond motifs is 3. The first-order valence-corrected chi connectivity index (χ1v) is 21.7. The molecule has 0 saturated heterocycles. The highest BCUT2D eigenvalue weighted by atomic mass is 28.3. The number of rotatable bonds is 8. The van der Waals surface area contributed by atoms with Gasteiger partial charge in [0.25, 0.3) is 0 Å². The number of amidine groups is 1. The molecule has 0 amide bonds. The van der Waals surface area contributed by atoms with Gasteiger partial charge in [-0.3, -0.25) is 4.99 Å². The molecule has 3 nitrogen and oxygen atoms in total. The molecule has 7 aromatic carbocycles. The molecule has 0 bridgehead atoms. The van der Waals surface area contributed by atoms with Gasteiger partial charge in [-0.25, -0.2) is 4.99 Å². The van der Waals surface area contributed by atoms with Gasteiger partial charge in [0.1, 0.15) is 11.2 Å². The second kappa shape index (κ2) is 15.0. The largest absolute Gasteiger partial charge is 0.456 e. The van der Waals surface area contributed by atoms with Crippen LogP contribution in [0.5, 0.6) is 0 Å². The van der Waals surface area contributed by atoms with Crippen molar-refractivity contribution in [2.75, 3.05) is 0 Å². The van der Waals surface area contributed by atoms with E-state index in [0.717, 1.165) is 62.7 Å². The lowest BCUT2D eigenvalue weighted by Gasteiger charge is -2.34. The molecule has 2 heterocycles. The molecule has 57 heavy (non-hydrogen) atoms. The molecule has 0 spiro atoms. The molecule has 0 unspecified atom stereocenters. The molecule has 272 valence electrons. The average Bonchev–Trinajstić information content (AvgIpc) is 3.52. The highest BCUT2D eigenvalue weighted by Crippen LogP contribution is 2.37. The highest BCUT2D eigenvalue weighted by Gasteiger charge is 2.41. The topological polar surface area (TPSA) is 37.9 Å². The van der Waals surface area contributed by atoms with E-state index in [-0.39, 0.29) is 6.04 Å². The van der Waals surface area contributed by atoms with Gasteiger partial charge in [0.05, 0.1) is 11.8 Å². The quantitative estimate of drug-likeness (QED) is 0.113. The fourth-order valence-corrected chi connectivity index (χ4v) is 13.5. The second-order valence-corrected chi connectivity index (χ2v) is 18.6. The molecule has 0 N–H and O–H groups in total. The summed E-state index contributed by atoms with van der Waals surface area (Å²) in [4.78, 5) is 10.9. The van der Waals surface area contributed by atoms with Crippen molar-refractivity contribution in [3.63, 3.8) is 0 Å². The lowest BCUT2D eigenvalue weighted by Crippen LogP contribution is -2.74. The Balaban J connectivity index is 1.22. The van der Waals surface area contributed by atoms with Crippen molar-refractivity contribution in [3.8, 4) is 11.1 Å². The van der Waals surface area contributed by atoms with E-state index in [1.54, 1.807) is 0 Å². The van der Waals surface area contributed by atoms with Crippen LogP contribution in [-0.4, -0.2) is 19.6 Å². The van der Waals surface area contributed by atoms with Gasteiger partial charge >= 0.3 is 0 Å². The molecule has 2 aliphatic rings. The maximum atomic E-state index is 6.71. The summed E-state index contributed by atoms with van der Waals surface area (Å²) in [6.07, 6.45) is 12.9. The van der Waals surface area contributed by atoms with E-state index in [2.05, 4.69) is 206 Å². The standard InChI is InChI=1S/C53H40N2OSi/c1-6-19-38(20-7-1)48-33-34-49(39-21-8-2-9-22-39)55-53(54-48)47-36-41(37-51-52(47)46-31-16-17-32-50(46)56-51)40-23-18-30-45(35-40)57(42-24-10-3-11-25-42,43-26-12-4-13-27-43)44-28-14-5-15-29-44/h1-8,10-21,23-37,48H,9,22H2/t48-/m0/s1. The van der Waals surface area contributed by atoms with Crippen LogP contribution in [-0.2, 0) is 0 Å². The third-order valence-electron chi connectivity index (χ3n) is 11.4. The lowest BCUT2D eigenvalue weighted by molar-refractivity contribution is 0.669. The van der Waals surface area contributed by atoms with Gasteiger partial charge < -0.3 is 4.42 Å². The van der Waals surface area contributed by atoms with Crippen molar-refractivity contribution in [1.82, 2.24) is 0 Å². The molecule has 1 aromatic heterocycles. The van der Waals surface area contributed by atoms with Crippen molar-refractivity contribution >= 4 is 62.3 Å². The summed E-state index contributed by atoms with van der Waals surface area (Å²) < 4.78 is 6.71. The average molecular weight is 749 g/mol. The summed E-state index contributed by atoms with van der Waals surface area (Å²) >= 11 is 0. The Kier molecular flexibility index (Phi) is 9.09. The van der Waals surface area contributed by atoms with Crippen LogP contribution < -0.4 is 20.7 Å². The van der Waals surface area contributed by atoms with Gasteiger partial charge in [-0.1, -0.05) is 188 Å². The van der Waals surface area contributed by atoms with Crippen LogP contribution in [0, 0.1) is 0 Å². The number of hydrogen-bond acceptors (Lipinski definition) is 3. The van der Waals surface area contributed by atoms with E-state index in [1.165, 1.54) is 26.3 Å². The van der Waals surface area contributed by atoms with Gasteiger partial charge in [0.2, 0.25) is 0 Å². The maximum absolute atomic E-state index is 6.71. The number of hydrogen-bond donors (Lipinski definition) is 0. The number of aliphatic imine (C=N–C) groups is 2. The van der Waals surface area contributed by atoms with Crippen LogP contribution in [0.15, 0.2) is 232 Å². The zero-order valence-corrected chi connectivity index (χ0v) is 32.5. The van der Waals surface area contributed by atoms with Crippen molar-refractivity contribution < 1.29 is 4.42 Å². The number of para-hydroxylation sites is 1. The van der Waals surface area contributed by atoms with E-state index in [9.17, 15) is 0 Å². The number of benzene rings is 7. The highest BCUT2D eigenvalue weighted by molar-refractivity contribution is 7.19. The second-order valence-electron chi connectivity index (χ2n) is 14.7. The minimum absolute atomic E-state index is 0.198. The smallest absolute Gasteiger partial charge is 0.179 e. The first-order chi connectivity index (χ1) is 28.3. The number of furan rings is 1. The summed E-state index contributed by atoms with van der Waals surface area (Å²) in [5, 5.41) is 7.42. The molecular weight excluding hydrogens is 709 g/mol. The molecule has 0 radical (unpaired) electrons. The third kappa shape index (κ3) is 6.34. The van der Waals surface area contributed by atoms with Gasteiger partial charge in [0.15, 0.2) is 13.9 Å².